The molecule has 0 aliphatic carbocycles. The molecule has 0 radical (unpaired) electrons. The number of nitrogens with two attached hydrogens (primary N) is 1. The van der Waals surface area contributed by atoms with Crippen LogP contribution in [-0.2, 0) is 6.42 Å². The summed E-state index contributed by atoms with van der Waals surface area (Å²) in [5.74, 6) is -0.478. The van der Waals surface area contributed by atoms with Crippen molar-refractivity contribution < 1.29 is 13.3 Å². The molecule has 2 atom stereocenters. The van der Waals surface area contributed by atoms with E-state index in [2.05, 4.69) is 10.1 Å². The number of hydrogen-bond donors (Lipinski definition) is 1. The molecule has 2 N–H and O–H groups in total. The maximum Gasteiger partial charge on any atom is 0.231 e. The summed E-state index contributed by atoms with van der Waals surface area (Å²) in [5.41, 5.74) is 6.25. The van der Waals surface area contributed by atoms with Gasteiger partial charge >= 0.3 is 0 Å². The van der Waals surface area contributed by atoms with Crippen LogP contribution in [-0.4, -0.2) is 16.2 Å². The standard InChI is InChI=1S/C14H17F2N3O/c1-3-12(17)8(2)14-18-13(19-20-14)6-9-4-5-10(15)7-11(9)16/h4-5,7-8,12H,3,6,17H2,1-2H3. The summed E-state index contributed by atoms with van der Waals surface area (Å²) >= 11 is 0. The summed E-state index contributed by atoms with van der Waals surface area (Å²) in [6, 6.07) is 3.36. The smallest absolute Gasteiger partial charge is 0.231 e. The zero-order valence-electron chi connectivity index (χ0n) is 11.4. The third-order valence-electron chi connectivity index (χ3n) is 3.35. The van der Waals surface area contributed by atoms with Crippen LogP contribution in [0.2, 0.25) is 0 Å². The van der Waals surface area contributed by atoms with Gasteiger partial charge in [-0.2, -0.15) is 4.98 Å². The van der Waals surface area contributed by atoms with E-state index in [9.17, 15) is 8.78 Å². The van der Waals surface area contributed by atoms with E-state index in [1.807, 2.05) is 13.8 Å². The fourth-order valence-corrected chi connectivity index (χ4v) is 1.90. The second-order valence-corrected chi connectivity index (χ2v) is 4.82. The van der Waals surface area contributed by atoms with E-state index in [0.29, 0.717) is 17.3 Å². The number of nitrogens with zero attached hydrogens (tertiary/aromatic N) is 2. The zero-order valence-corrected chi connectivity index (χ0v) is 11.4. The summed E-state index contributed by atoms with van der Waals surface area (Å²) in [6.45, 7) is 3.89. The Bertz CT molecular complexity index is 586. The molecule has 0 aliphatic heterocycles. The first-order valence-electron chi connectivity index (χ1n) is 6.53. The lowest BCUT2D eigenvalue weighted by molar-refractivity contribution is 0.337. The van der Waals surface area contributed by atoms with E-state index < -0.39 is 11.6 Å². The van der Waals surface area contributed by atoms with Crippen LogP contribution in [0.1, 0.15) is 43.5 Å². The summed E-state index contributed by atoms with van der Waals surface area (Å²) in [7, 11) is 0. The molecule has 2 unspecified atom stereocenters. The van der Waals surface area contributed by atoms with E-state index in [1.165, 1.54) is 12.1 Å². The molecule has 0 fully saturated rings. The Kier molecular flexibility index (Phi) is 4.44. The number of rotatable bonds is 5. The Morgan fingerprint density at radius 2 is 2.10 bits per heavy atom. The molecule has 1 aromatic carbocycles. The van der Waals surface area contributed by atoms with Crippen molar-refractivity contribution in [1.82, 2.24) is 10.1 Å². The Labute approximate surface area is 116 Å². The topological polar surface area (TPSA) is 64.9 Å². The molecule has 1 aromatic heterocycles. The van der Waals surface area contributed by atoms with E-state index in [1.54, 1.807) is 0 Å². The highest BCUT2D eigenvalue weighted by Gasteiger charge is 2.20. The molecule has 108 valence electrons. The van der Waals surface area contributed by atoms with Gasteiger partial charge in [0.15, 0.2) is 5.82 Å². The van der Waals surface area contributed by atoms with Gasteiger partial charge in [0, 0.05) is 18.5 Å². The number of halogens is 2. The molecular weight excluding hydrogens is 264 g/mol. The van der Waals surface area contributed by atoms with Crippen molar-refractivity contribution in [3.05, 3.63) is 47.1 Å². The van der Waals surface area contributed by atoms with E-state index in [-0.39, 0.29) is 18.4 Å². The van der Waals surface area contributed by atoms with Crippen molar-refractivity contribution >= 4 is 0 Å². The molecule has 0 bridgehead atoms. The van der Waals surface area contributed by atoms with Gasteiger partial charge in [0.05, 0.1) is 5.92 Å². The summed E-state index contributed by atoms with van der Waals surface area (Å²) < 4.78 is 31.5. The monoisotopic (exact) mass is 281 g/mol. The Balaban J connectivity index is 2.13. The van der Waals surface area contributed by atoms with Gasteiger partial charge in [-0.05, 0) is 18.1 Å². The fraction of sp³-hybridized carbons (Fsp3) is 0.429. The van der Waals surface area contributed by atoms with Crippen molar-refractivity contribution in [3.63, 3.8) is 0 Å². The maximum atomic E-state index is 13.5. The molecule has 0 saturated heterocycles. The van der Waals surface area contributed by atoms with Crippen LogP contribution in [0.5, 0.6) is 0 Å². The van der Waals surface area contributed by atoms with Gasteiger partial charge < -0.3 is 10.3 Å². The average Bonchev–Trinajstić information content (AvgIpc) is 2.88. The van der Waals surface area contributed by atoms with Gasteiger partial charge in [-0.3, -0.25) is 0 Å². The number of hydrogen-bond acceptors (Lipinski definition) is 4. The van der Waals surface area contributed by atoms with Crippen LogP contribution in [0.25, 0.3) is 0 Å². The third kappa shape index (κ3) is 3.19. The normalized spacial score (nSPS) is 14.2. The van der Waals surface area contributed by atoms with Crippen molar-refractivity contribution in [2.24, 2.45) is 5.73 Å². The Hall–Kier alpha value is -1.82. The molecule has 0 aliphatic rings. The minimum atomic E-state index is -0.616. The second-order valence-electron chi connectivity index (χ2n) is 4.82. The quantitative estimate of drug-likeness (QED) is 0.915. The lowest BCUT2D eigenvalue weighted by atomic mass is 10.0. The van der Waals surface area contributed by atoms with E-state index in [0.717, 1.165) is 12.5 Å². The average molecular weight is 281 g/mol. The first-order chi connectivity index (χ1) is 9.51. The minimum absolute atomic E-state index is 0.0562. The number of aromatic nitrogens is 2. The second kappa shape index (κ2) is 6.09. The lowest BCUT2D eigenvalue weighted by Crippen LogP contribution is -2.25. The van der Waals surface area contributed by atoms with Crippen molar-refractivity contribution in [2.45, 2.75) is 38.6 Å². The third-order valence-corrected chi connectivity index (χ3v) is 3.35. The lowest BCUT2D eigenvalue weighted by Gasteiger charge is -2.13. The van der Waals surface area contributed by atoms with Crippen LogP contribution in [0, 0.1) is 11.6 Å². The van der Waals surface area contributed by atoms with Crippen LogP contribution in [0.4, 0.5) is 8.78 Å². The zero-order chi connectivity index (χ0) is 14.7. The molecule has 2 rings (SSSR count). The van der Waals surface area contributed by atoms with Crippen LogP contribution in [0.15, 0.2) is 22.7 Å². The van der Waals surface area contributed by atoms with Gasteiger partial charge in [0.2, 0.25) is 5.89 Å². The molecular formula is C14H17F2N3O. The van der Waals surface area contributed by atoms with Crippen molar-refractivity contribution in [3.8, 4) is 0 Å². The van der Waals surface area contributed by atoms with Gasteiger partial charge in [0.25, 0.3) is 0 Å². The molecule has 4 nitrogen and oxygen atoms in total. The Morgan fingerprint density at radius 3 is 2.75 bits per heavy atom. The molecule has 1 heterocycles. The molecule has 6 heteroatoms. The molecule has 0 spiro atoms. The molecule has 2 aromatic rings. The fourth-order valence-electron chi connectivity index (χ4n) is 1.90. The first-order valence-corrected chi connectivity index (χ1v) is 6.53. The van der Waals surface area contributed by atoms with Gasteiger partial charge in [0.1, 0.15) is 11.6 Å². The van der Waals surface area contributed by atoms with Gasteiger partial charge in [-0.1, -0.05) is 25.1 Å². The highest BCUT2D eigenvalue weighted by Crippen LogP contribution is 2.19. The van der Waals surface area contributed by atoms with Crippen molar-refractivity contribution in [1.29, 1.82) is 0 Å². The van der Waals surface area contributed by atoms with Crippen LogP contribution < -0.4 is 5.73 Å². The summed E-state index contributed by atoms with van der Waals surface area (Å²) in [4.78, 5) is 4.22. The minimum Gasteiger partial charge on any atom is -0.339 e. The highest BCUT2D eigenvalue weighted by molar-refractivity contribution is 5.21. The predicted molar refractivity (Wildman–Crippen MR) is 70.1 cm³/mol. The first kappa shape index (κ1) is 14.6. The highest BCUT2D eigenvalue weighted by atomic mass is 19.1. The molecule has 20 heavy (non-hydrogen) atoms. The summed E-state index contributed by atoms with van der Waals surface area (Å²) in [6.07, 6.45) is 0.954. The maximum absolute atomic E-state index is 13.5. The molecule has 0 saturated carbocycles. The van der Waals surface area contributed by atoms with E-state index >= 15 is 0 Å². The van der Waals surface area contributed by atoms with Crippen molar-refractivity contribution in [2.75, 3.05) is 0 Å². The number of benzene rings is 1. The largest absolute Gasteiger partial charge is 0.339 e. The van der Waals surface area contributed by atoms with Gasteiger partial charge in [-0.15, -0.1) is 0 Å². The SMILES string of the molecule is CCC(N)C(C)c1nc(Cc2ccc(F)cc2F)no1. The summed E-state index contributed by atoms with van der Waals surface area (Å²) in [5, 5.41) is 3.81. The molecule has 0 amide bonds. The Morgan fingerprint density at radius 1 is 1.35 bits per heavy atom. The van der Waals surface area contributed by atoms with E-state index in [4.69, 9.17) is 10.3 Å². The predicted octanol–water partition coefficient (Wildman–Crippen LogP) is 2.78. The van der Waals surface area contributed by atoms with Crippen LogP contribution >= 0.6 is 0 Å². The van der Waals surface area contributed by atoms with Crippen LogP contribution in [0.3, 0.4) is 0 Å². The van der Waals surface area contributed by atoms with Gasteiger partial charge in [-0.25, -0.2) is 8.78 Å².